The van der Waals surface area contributed by atoms with Gasteiger partial charge in [-0.2, -0.15) is 0 Å². The van der Waals surface area contributed by atoms with Crippen LogP contribution in [0, 0.1) is 11.8 Å². The van der Waals surface area contributed by atoms with Gasteiger partial charge in [0.05, 0.1) is 17.1 Å². The summed E-state index contributed by atoms with van der Waals surface area (Å²) in [6.07, 6.45) is 0. The Balaban J connectivity index is 2.84. The number of nitrogens with zero attached hydrogens (tertiary/aromatic N) is 1. The van der Waals surface area contributed by atoms with Gasteiger partial charge in [0.15, 0.2) is 0 Å². The Kier molecular flexibility index (Phi) is 4.30. The highest BCUT2D eigenvalue weighted by Gasteiger charge is 2.42. The Morgan fingerprint density at radius 1 is 1.05 bits per heavy atom. The Morgan fingerprint density at radius 3 is 1.84 bits per heavy atom. The number of morpholine rings is 1. The molecule has 5 nitrogen and oxygen atoms in total. The molecule has 0 aromatic rings. The average Bonchev–Trinajstić information content (AvgIpc) is 2.21. The summed E-state index contributed by atoms with van der Waals surface area (Å²) in [6.45, 7) is 12.0. The van der Waals surface area contributed by atoms with E-state index in [1.54, 1.807) is 18.7 Å². The number of hydrogen-bond donors (Lipinski definition) is 1. The minimum absolute atomic E-state index is 0.112. The van der Waals surface area contributed by atoms with Crippen molar-refractivity contribution in [3.8, 4) is 0 Å². The fraction of sp³-hybridized carbons (Fsp3) is 0.857. The van der Waals surface area contributed by atoms with Gasteiger partial charge < -0.3 is 14.7 Å². The van der Waals surface area contributed by atoms with E-state index in [1.807, 2.05) is 27.7 Å². The predicted molar refractivity (Wildman–Crippen MR) is 71.8 cm³/mol. The molecule has 0 aromatic heterocycles. The van der Waals surface area contributed by atoms with E-state index >= 15 is 0 Å². The van der Waals surface area contributed by atoms with Crippen LogP contribution in [0.2, 0.25) is 0 Å². The van der Waals surface area contributed by atoms with E-state index in [9.17, 15) is 9.59 Å². The molecule has 1 heterocycles. The molecule has 110 valence electrons. The van der Waals surface area contributed by atoms with Crippen molar-refractivity contribution < 1.29 is 19.4 Å². The molecule has 0 saturated carbocycles. The molecule has 0 bridgehead atoms. The molecule has 1 N–H and O–H groups in total. The second-order valence-corrected chi connectivity index (χ2v) is 6.73. The van der Waals surface area contributed by atoms with Gasteiger partial charge in [-0.15, -0.1) is 0 Å². The van der Waals surface area contributed by atoms with Gasteiger partial charge in [0.2, 0.25) is 5.91 Å². The van der Waals surface area contributed by atoms with Crippen LogP contribution in [-0.4, -0.2) is 46.2 Å². The molecule has 1 aliphatic rings. The van der Waals surface area contributed by atoms with Gasteiger partial charge in [0.25, 0.3) is 0 Å². The fourth-order valence-corrected chi connectivity index (χ4v) is 2.66. The maximum atomic E-state index is 12.4. The van der Waals surface area contributed by atoms with Crippen LogP contribution in [0.4, 0.5) is 0 Å². The van der Waals surface area contributed by atoms with Crippen LogP contribution in [-0.2, 0) is 14.3 Å². The summed E-state index contributed by atoms with van der Waals surface area (Å²) in [7, 11) is 0. The molecule has 1 rings (SSSR count). The first-order valence-electron chi connectivity index (χ1n) is 6.67. The monoisotopic (exact) mass is 271 g/mol. The minimum Gasteiger partial charge on any atom is -0.481 e. The standard InChI is InChI=1S/C14H25NO4/c1-9(10(2)12(17)18)11(16)15-7-13(3,4)19-14(5,6)8-15/h9-10H,7-8H2,1-6H3,(H,17,18). The zero-order valence-electron chi connectivity index (χ0n) is 12.7. The van der Waals surface area contributed by atoms with Gasteiger partial charge in [0, 0.05) is 19.0 Å². The van der Waals surface area contributed by atoms with Crippen molar-refractivity contribution >= 4 is 11.9 Å². The first-order chi connectivity index (χ1) is 8.45. The molecule has 0 aliphatic carbocycles. The number of hydrogen-bond acceptors (Lipinski definition) is 3. The van der Waals surface area contributed by atoms with Crippen LogP contribution in [0.15, 0.2) is 0 Å². The highest BCUT2D eigenvalue weighted by molar-refractivity contribution is 5.84. The lowest BCUT2D eigenvalue weighted by Crippen LogP contribution is -2.59. The second-order valence-electron chi connectivity index (χ2n) is 6.73. The van der Waals surface area contributed by atoms with E-state index in [-0.39, 0.29) is 5.91 Å². The number of rotatable bonds is 3. The van der Waals surface area contributed by atoms with Crippen LogP contribution in [0.1, 0.15) is 41.5 Å². The van der Waals surface area contributed by atoms with Crippen molar-refractivity contribution in [2.75, 3.05) is 13.1 Å². The highest BCUT2D eigenvalue weighted by Crippen LogP contribution is 2.29. The van der Waals surface area contributed by atoms with Crippen LogP contribution < -0.4 is 0 Å². The van der Waals surface area contributed by atoms with E-state index in [0.29, 0.717) is 13.1 Å². The van der Waals surface area contributed by atoms with Gasteiger partial charge >= 0.3 is 5.97 Å². The molecule has 5 heteroatoms. The van der Waals surface area contributed by atoms with Crippen molar-refractivity contribution in [1.29, 1.82) is 0 Å². The number of carbonyl (C=O) groups excluding carboxylic acids is 1. The van der Waals surface area contributed by atoms with Gasteiger partial charge in [-0.3, -0.25) is 9.59 Å². The molecule has 0 spiro atoms. The van der Waals surface area contributed by atoms with Gasteiger partial charge in [-0.1, -0.05) is 13.8 Å². The molecule has 2 unspecified atom stereocenters. The first kappa shape index (κ1) is 16.0. The lowest BCUT2D eigenvalue weighted by atomic mass is 9.92. The van der Waals surface area contributed by atoms with Crippen molar-refractivity contribution in [2.24, 2.45) is 11.8 Å². The summed E-state index contributed by atoms with van der Waals surface area (Å²) < 4.78 is 5.92. The maximum Gasteiger partial charge on any atom is 0.307 e. The van der Waals surface area contributed by atoms with Crippen molar-refractivity contribution in [1.82, 2.24) is 4.90 Å². The Labute approximate surface area is 114 Å². The van der Waals surface area contributed by atoms with Gasteiger partial charge in [0.1, 0.15) is 0 Å². The summed E-state index contributed by atoms with van der Waals surface area (Å²) in [5, 5.41) is 9.01. The third-order valence-corrected chi connectivity index (χ3v) is 3.54. The molecule has 2 atom stereocenters. The fourth-order valence-electron chi connectivity index (χ4n) is 2.66. The molecule has 0 aromatic carbocycles. The zero-order valence-corrected chi connectivity index (χ0v) is 12.7. The topological polar surface area (TPSA) is 66.8 Å². The quantitative estimate of drug-likeness (QED) is 0.849. The summed E-state index contributed by atoms with van der Waals surface area (Å²) in [5.74, 6) is -2.25. The first-order valence-corrected chi connectivity index (χ1v) is 6.67. The summed E-state index contributed by atoms with van der Waals surface area (Å²) in [6, 6.07) is 0. The number of amides is 1. The van der Waals surface area contributed by atoms with E-state index in [4.69, 9.17) is 9.84 Å². The predicted octanol–water partition coefficient (Wildman–Crippen LogP) is 1.76. The van der Waals surface area contributed by atoms with Crippen LogP contribution >= 0.6 is 0 Å². The molecule has 1 saturated heterocycles. The van der Waals surface area contributed by atoms with Crippen LogP contribution in [0.3, 0.4) is 0 Å². The van der Waals surface area contributed by atoms with Gasteiger partial charge in [-0.25, -0.2) is 0 Å². The molecular weight excluding hydrogens is 246 g/mol. The number of ether oxygens (including phenoxy) is 1. The zero-order chi connectivity index (χ0) is 15.0. The summed E-state index contributed by atoms with van der Waals surface area (Å²) in [4.78, 5) is 25.1. The van der Waals surface area contributed by atoms with Crippen LogP contribution in [0.5, 0.6) is 0 Å². The number of carbonyl (C=O) groups is 2. The molecule has 1 aliphatic heterocycles. The second kappa shape index (κ2) is 5.12. The van der Waals surface area contributed by atoms with E-state index in [1.165, 1.54) is 0 Å². The molecular formula is C14H25NO4. The molecule has 1 fully saturated rings. The lowest BCUT2D eigenvalue weighted by molar-refractivity contribution is -0.190. The SMILES string of the molecule is CC(C(=O)O)C(C)C(=O)N1CC(C)(C)OC(C)(C)C1. The number of carboxylic acid groups (broad SMARTS) is 1. The summed E-state index contributed by atoms with van der Waals surface area (Å²) >= 11 is 0. The average molecular weight is 271 g/mol. The Morgan fingerprint density at radius 2 is 1.47 bits per heavy atom. The molecule has 19 heavy (non-hydrogen) atoms. The van der Waals surface area contributed by atoms with Crippen molar-refractivity contribution in [2.45, 2.75) is 52.7 Å². The van der Waals surface area contributed by atoms with E-state index < -0.39 is 29.0 Å². The molecule has 1 amide bonds. The largest absolute Gasteiger partial charge is 0.481 e. The van der Waals surface area contributed by atoms with Gasteiger partial charge in [-0.05, 0) is 27.7 Å². The maximum absolute atomic E-state index is 12.4. The van der Waals surface area contributed by atoms with E-state index in [2.05, 4.69) is 0 Å². The van der Waals surface area contributed by atoms with E-state index in [0.717, 1.165) is 0 Å². The Bertz CT molecular complexity index is 360. The highest BCUT2D eigenvalue weighted by atomic mass is 16.5. The molecule has 0 radical (unpaired) electrons. The number of carboxylic acids is 1. The normalized spacial score (nSPS) is 24.6. The summed E-state index contributed by atoms with van der Waals surface area (Å²) in [5.41, 5.74) is -0.826. The van der Waals surface area contributed by atoms with Crippen molar-refractivity contribution in [3.63, 3.8) is 0 Å². The minimum atomic E-state index is -0.937. The lowest BCUT2D eigenvalue weighted by Gasteiger charge is -2.47. The van der Waals surface area contributed by atoms with Crippen LogP contribution in [0.25, 0.3) is 0 Å². The third-order valence-electron chi connectivity index (χ3n) is 3.54. The van der Waals surface area contributed by atoms with Crippen molar-refractivity contribution in [3.05, 3.63) is 0 Å². The third kappa shape index (κ3) is 3.93. The smallest absolute Gasteiger partial charge is 0.307 e. The Hall–Kier alpha value is -1.10. The number of aliphatic carboxylic acids is 1.